The van der Waals surface area contributed by atoms with E-state index in [1.165, 1.54) is 0 Å². The maximum absolute atomic E-state index is 12.4. The minimum absolute atomic E-state index is 0.0256. The first-order valence-electron chi connectivity index (χ1n) is 8.40. The molecule has 0 atom stereocenters. The topological polar surface area (TPSA) is 72.9 Å². The lowest BCUT2D eigenvalue weighted by Crippen LogP contribution is -2.58. The standard InChI is InChI=1S/C17H25N3O4/c1-22-15-3-2-14(10-19-15)11-23-12-16(21)20-8-9-24-17(13-20)4-6-18-7-5-17/h2-3,10,18H,4-9,11-13H2,1H3. The molecule has 1 amide bonds. The molecule has 2 fully saturated rings. The highest BCUT2D eigenvalue weighted by Crippen LogP contribution is 2.27. The van der Waals surface area contributed by atoms with Gasteiger partial charge < -0.3 is 24.4 Å². The number of pyridine rings is 1. The smallest absolute Gasteiger partial charge is 0.248 e. The van der Waals surface area contributed by atoms with Gasteiger partial charge in [-0.15, -0.1) is 0 Å². The minimum atomic E-state index is -0.168. The number of morpholine rings is 1. The highest BCUT2D eigenvalue weighted by molar-refractivity contribution is 5.77. The lowest BCUT2D eigenvalue weighted by molar-refractivity contribution is -0.159. The Morgan fingerprint density at radius 2 is 2.25 bits per heavy atom. The molecule has 2 saturated heterocycles. The van der Waals surface area contributed by atoms with Crippen LogP contribution in [0.15, 0.2) is 18.3 Å². The first kappa shape index (κ1) is 17.1. The number of carbonyl (C=O) groups is 1. The molecule has 0 unspecified atom stereocenters. The first-order valence-corrected chi connectivity index (χ1v) is 8.40. The Labute approximate surface area is 142 Å². The van der Waals surface area contributed by atoms with Gasteiger partial charge in [-0.2, -0.15) is 0 Å². The minimum Gasteiger partial charge on any atom is -0.481 e. The summed E-state index contributed by atoms with van der Waals surface area (Å²) in [6, 6.07) is 3.67. The molecule has 7 heteroatoms. The average Bonchev–Trinajstić information content (AvgIpc) is 2.63. The van der Waals surface area contributed by atoms with Crippen molar-refractivity contribution in [3.63, 3.8) is 0 Å². The molecule has 1 aromatic rings. The fourth-order valence-corrected chi connectivity index (χ4v) is 3.21. The zero-order chi connectivity index (χ0) is 16.8. The summed E-state index contributed by atoms with van der Waals surface area (Å²) >= 11 is 0. The maximum Gasteiger partial charge on any atom is 0.248 e. The number of hydrogen-bond acceptors (Lipinski definition) is 6. The predicted octanol–water partition coefficient (Wildman–Crippen LogP) is 0.588. The van der Waals surface area contributed by atoms with Crippen LogP contribution in [0.1, 0.15) is 18.4 Å². The van der Waals surface area contributed by atoms with Crippen LogP contribution >= 0.6 is 0 Å². The van der Waals surface area contributed by atoms with Gasteiger partial charge in [-0.05, 0) is 37.6 Å². The third kappa shape index (κ3) is 4.23. The van der Waals surface area contributed by atoms with E-state index in [0.717, 1.165) is 31.5 Å². The molecule has 3 heterocycles. The second-order valence-electron chi connectivity index (χ2n) is 6.30. The number of amides is 1. The van der Waals surface area contributed by atoms with Crippen molar-refractivity contribution in [3.05, 3.63) is 23.9 Å². The zero-order valence-corrected chi connectivity index (χ0v) is 14.1. The predicted molar refractivity (Wildman–Crippen MR) is 87.8 cm³/mol. The number of nitrogens with one attached hydrogen (secondary N) is 1. The fourth-order valence-electron chi connectivity index (χ4n) is 3.21. The summed E-state index contributed by atoms with van der Waals surface area (Å²) in [5.74, 6) is 0.591. The van der Waals surface area contributed by atoms with Crippen molar-refractivity contribution in [2.45, 2.75) is 25.0 Å². The molecular formula is C17H25N3O4. The van der Waals surface area contributed by atoms with Gasteiger partial charge in [0.25, 0.3) is 0 Å². The van der Waals surface area contributed by atoms with Crippen molar-refractivity contribution in [1.82, 2.24) is 15.2 Å². The summed E-state index contributed by atoms with van der Waals surface area (Å²) in [6.07, 6.45) is 3.60. The summed E-state index contributed by atoms with van der Waals surface area (Å²) < 4.78 is 16.6. The van der Waals surface area contributed by atoms with Gasteiger partial charge in [0, 0.05) is 25.4 Å². The van der Waals surface area contributed by atoms with E-state index in [2.05, 4.69) is 10.3 Å². The SMILES string of the molecule is COc1ccc(COCC(=O)N2CCOC3(CCNCC3)C2)cn1. The fraction of sp³-hybridized carbons (Fsp3) is 0.647. The molecule has 1 aromatic heterocycles. The second-order valence-corrected chi connectivity index (χ2v) is 6.30. The van der Waals surface area contributed by atoms with Crippen LogP contribution in [-0.2, 0) is 20.9 Å². The Kier molecular flexibility index (Phi) is 5.65. The van der Waals surface area contributed by atoms with Gasteiger partial charge in [-0.25, -0.2) is 4.98 Å². The maximum atomic E-state index is 12.4. The Morgan fingerprint density at radius 1 is 1.42 bits per heavy atom. The molecule has 1 spiro atoms. The van der Waals surface area contributed by atoms with Crippen molar-refractivity contribution < 1.29 is 19.0 Å². The molecule has 7 nitrogen and oxygen atoms in total. The van der Waals surface area contributed by atoms with Gasteiger partial charge >= 0.3 is 0 Å². The van der Waals surface area contributed by atoms with Crippen molar-refractivity contribution in [2.24, 2.45) is 0 Å². The molecule has 0 bridgehead atoms. The monoisotopic (exact) mass is 335 g/mol. The van der Waals surface area contributed by atoms with Gasteiger partial charge in [-0.1, -0.05) is 0 Å². The lowest BCUT2D eigenvalue weighted by atomic mass is 9.90. The molecule has 0 saturated carbocycles. The zero-order valence-electron chi connectivity index (χ0n) is 14.1. The summed E-state index contributed by atoms with van der Waals surface area (Å²) in [4.78, 5) is 18.4. The van der Waals surface area contributed by atoms with Crippen LogP contribution in [0.3, 0.4) is 0 Å². The lowest BCUT2D eigenvalue weighted by Gasteiger charge is -2.45. The van der Waals surface area contributed by atoms with Crippen LogP contribution in [0.4, 0.5) is 0 Å². The van der Waals surface area contributed by atoms with Crippen molar-refractivity contribution in [2.75, 3.05) is 46.5 Å². The number of rotatable bonds is 5. The van der Waals surface area contributed by atoms with E-state index < -0.39 is 0 Å². The first-order chi connectivity index (χ1) is 11.7. The van der Waals surface area contributed by atoms with Gasteiger partial charge in [0.15, 0.2) is 0 Å². The molecule has 2 aliphatic heterocycles. The molecule has 1 N–H and O–H groups in total. The summed E-state index contributed by atoms with van der Waals surface area (Å²) in [7, 11) is 1.58. The third-order valence-corrected chi connectivity index (χ3v) is 4.62. The highest BCUT2D eigenvalue weighted by Gasteiger charge is 2.39. The van der Waals surface area contributed by atoms with Crippen LogP contribution in [0.5, 0.6) is 5.88 Å². The number of hydrogen-bond donors (Lipinski definition) is 1. The molecule has 0 radical (unpaired) electrons. The van der Waals surface area contributed by atoms with Crippen LogP contribution in [0.2, 0.25) is 0 Å². The molecule has 0 aromatic carbocycles. The van der Waals surface area contributed by atoms with Crippen molar-refractivity contribution in [3.8, 4) is 5.88 Å². The van der Waals surface area contributed by atoms with Crippen LogP contribution in [-0.4, -0.2) is 67.9 Å². The molecule has 0 aliphatic carbocycles. The van der Waals surface area contributed by atoms with E-state index in [9.17, 15) is 4.79 Å². The number of piperidine rings is 1. The third-order valence-electron chi connectivity index (χ3n) is 4.62. The van der Waals surface area contributed by atoms with E-state index in [1.807, 2.05) is 11.0 Å². The Balaban J connectivity index is 1.45. The molecule has 2 aliphatic rings. The molecule has 3 rings (SSSR count). The number of methoxy groups -OCH3 is 1. The number of carbonyl (C=O) groups excluding carboxylic acids is 1. The van der Waals surface area contributed by atoms with E-state index in [-0.39, 0.29) is 18.1 Å². The Hall–Kier alpha value is -1.70. The quantitative estimate of drug-likeness (QED) is 0.849. The average molecular weight is 335 g/mol. The number of aromatic nitrogens is 1. The van der Waals surface area contributed by atoms with E-state index in [0.29, 0.717) is 32.2 Å². The molecule has 132 valence electrons. The van der Waals surface area contributed by atoms with E-state index >= 15 is 0 Å². The summed E-state index contributed by atoms with van der Waals surface area (Å²) in [5.41, 5.74) is 0.749. The normalized spacial score (nSPS) is 20.1. The summed E-state index contributed by atoms with van der Waals surface area (Å²) in [6.45, 7) is 4.26. The molecule has 24 heavy (non-hydrogen) atoms. The Morgan fingerprint density at radius 3 is 2.96 bits per heavy atom. The van der Waals surface area contributed by atoms with E-state index in [1.54, 1.807) is 19.4 Å². The van der Waals surface area contributed by atoms with Crippen molar-refractivity contribution in [1.29, 1.82) is 0 Å². The second kappa shape index (κ2) is 7.92. The van der Waals surface area contributed by atoms with Gasteiger partial charge in [0.2, 0.25) is 11.8 Å². The van der Waals surface area contributed by atoms with Crippen LogP contribution in [0, 0.1) is 0 Å². The number of nitrogens with zero attached hydrogens (tertiary/aromatic N) is 2. The van der Waals surface area contributed by atoms with Crippen molar-refractivity contribution >= 4 is 5.91 Å². The summed E-state index contributed by atoms with van der Waals surface area (Å²) in [5, 5.41) is 3.34. The molecular weight excluding hydrogens is 310 g/mol. The van der Waals surface area contributed by atoms with Gasteiger partial charge in [0.05, 0.1) is 25.9 Å². The Bertz CT molecular complexity index is 538. The van der Waals surface area contributed by atoms with Crippen LogP contribution < -0.4 is 10.1 Å². The largest absolute Gasteiger partial charge is 0.481 e. The number of ether oxygens (including phenoxy) is 3. The highest BCUT2D eigenvalue weighted by atomic mass is 16.5. The van der Waals surface area contributed by atoms with Gasteiger partial charge in [0.1, 0.15) is 6.61 Å². The van der Waals surface area contributed by atoms with E-state index in [4.69, 9.17) is 14.2 Å². The van der Waals surface area contributed by atoms with Gasteiger partial charge in [-0.3, -0.25) is 4.79 Å². The van der Waals surface area contributed by atoms with Crippen LogP contribution in [0.25, 0.3) is 0 Å².